The molecule has 0 aromatic heterocycles. The van der Waals surface area contributed by atoms with Gasteiger partial charge in [0.05, 0.1) is 6.61 Å². The van der Waals surface area contributed by atoms with Crippen LogP contribution in [0.25, 0.3) is 0 Å². The quantitative estimate of drug-likeness (QED) is 0.706. The lowest BCUT2D eigenvalue weighted by atomic mass is 9.85. The number of carbonyl (C=O) groups is 1. The Kier molecular flexibility index (Phi) is 13.1. The van der Waals surface area contributed by atoms with Gasteiger partial charge in [-0.15, -0.1) is 24.8 Å². The molecule has 2 N–H and O–H groups in total. The number of nitrogens with zero attached hydrogens (tertiary/aromatic N) is 1. The molecule has 0 aromatic rings. The minimum atomic E-state index is 0. The first-order valence-corrected chi connectivity index (χ1v) is 8.90. The van der Waals surface area contributed by atoms with Crippen molar-refractivity contribution in [1.82, 2.24) is 15.5 Å². The average molecular weight is 384 g/mol. The van der Waals surface area contributed by atoms with Gasteiger partial charge < -0.3 is 20.3 Å². The van der Waals surface area contributed by atoms with Crippen molar-refractivity contribution in [3.8, 4) is 0 Å². The van der Waals surface area contributed by atoms with Crippen LogP contribution in [0, 0.1) is 11.8 Å². The minimum absolute atomic E-state index is 0. The van der Waals surface area contributed by atoms with Gasteiger partial charge in [0.25, 0.3) is 0 Å². The van der Waals surface area contributed by atoms with Crippen LogP contribution < -0.4 is 10.6 Å². The predicted octanol–water partition coefficient (Wildman–Crippen LogP) is 2.08. The van der Waals surface area contributed by atoms with E-state index in [1.807, 2.05) is 0 Å². The Balaban J connectivity index is 0.00000264. The number of halogens is 2. The van der Waals surface area contributed by atoms with Gasteiger partial charge in [0.15, 0.2) is 0 Å². The van der Waals surface area contributed by atoms with Crippen LogP contribution in [0.5, 0.6) is 0 Å². The zero-order valence-electron chi connectivity index (χ0n) is 15.1. The predicted molar refractivity (Wildman–Crippen MR) is 103 cm³/mol. The van der Waals surface area contributed by atoms with Crippen LogP contribution in [0.1, 0.15) is 39.0 Å². The smallest absolute Gasteiger partial charge is 0.220 e. The van der Waals surface area contributed by atoms with Crippen LogP contribution in [-0.2, 0) is 9.53 Å². The minimum Gasteiger partial charge on any atom is -0.383 e. The van der Waals surface area contributed by atoms with Crippen molar-refractivity contribution in [1.29, 1.82) is 0 Å². The topological polar surface area (TPSA) is 53.6 Å². The molecule has 2 unspecified atom stereocenters. The molecule has 0 bridgehead atoms. The maximum absolute atomic E-state index is 12.3. The number of rotatable bonds is 7. The van der Waals surface area contributed by atoms with Crippen LogP contribution in [0.4, 0.5) is 0 Å². The second kappa shape index (κ2) is 13.2. The summed E-state index contributed by atoms with van der Waals surface area (Å²) < 4.78 is 5.12. The van der Waals surface area contributed by atoms with Crippen LogP contribution in [0.3, 0.4) is 0 Å². The van der Waals surface area contributed by atoms with E-state index in [2.05, 4.69) is 22.5 Å². The molecule has 0 aliphatic carbocycles. The lowest BCUT2D eigenvalue weighted by Gasteiger charge is -2.33. The monoisotopic (exact) mass is 383 g/mol. The molecular formula is C17H35Cl2N3O2. The van der Waals surface area contributed by atoms with Gasteiger partial charge in [-0.05, 0) is 50.6 Å². The number of nitrogens with one attached hydrogen (secondary N) is 2. The fourth-order valence-corrected chi connectivity index (χ4v) is 3.63. The molecule has 0 radical (unpaired) electrons. The van der Waals surface area contributed by atoms with Gasteiger partial charge >= 0.3 is 0 Å². The SMILES string of the molecule is COCCN1CCC(NC(=O)CC(C)C2CCCNC2)CC1.Cl.Cl. The van der Waals surface area contributed by atoms with Gasteiger partial charge in [0, 0.05) is 39.2 Å². The molecule has 2 fully saturated rings. The number of piperidine rings is 2. The zero-order valence-corrected chi connectivity index (χ0v) is 16.7. The first kappa shape index (κ1) is 23.9. The molecule has 7 heteroatoms. The van der Waals surface area contributed by atoms with Gasteiger partial charge in [-0.3, -0.25) is 4.79 Å². The summed E-state index contributed by atoms with van der Waals surface area (Å²) in [4.78, 5) is 14.7. The molecule has 2 aliphatic rings. The zero-order chi connectivity index (χ0) is 15.8. The highest BCUT2D eigenvalue weighted by molar-refractivity contribution is 5.85. The number of ether oxygens (including phenoxy) is 1. The van der Waals surface area contributed by atoms with E-state index in [9.17, 15) is 4.79 Å². The second-order valence-electron chi connectivity index (χ2n) is 6.96. The highest BCUT2D eigenvalue weighted by Crippen LogP contribution is 2.22. The Hall–Kier alpha value is -0.0700. The third kappa shape index (κ3) is 8.34. The number of likely N-dealkylation sites (tertiary alicyclic amines) is 1. The van der Waals surface area contributed by atoms with Gasteiger partial charge in [-0.1, -0.05) is 6.92 Å². The van der Waals surface area contributed by atoms with E-state index in [0.717, 1.165) is 52.2 Å². The van der Waals surface area contributed by atoms with E-state index < -0.39 is 0 Å². The largest absolute Gasteiger partial charge is 0.383 e. The van der Waals surface area contributed by atoms with Gasteiger partial charge in [0.2, 0.25) is 5.91 Å². The number of methoxy groups -OCH3 is 1. The molecule has 0 spiro atoms. The molecular weight excluding hydrogens is 349 g/mol. The fraction of sp³-hybridized carbons (Fsp3) is 0.941. The molecule has 0 saturated carbocycles. The third-order valence-corrected chi connectivity index (χ3v) is 5.21. The molecule has 2 atom stereocenters. The molecule has 2 heterocycles. The molecule has 2 rings (SSSR count). The molecule has 2 saturated heterocycles. The number of carbonyl (C=O) groups excluding carboxylic acids is 1. The summed E-state index contributed by atoms with van der Waals surface area (Å²) >= 11 is 0. The Morgan fingerprint density at radius 2 is 2.00 bits per heavy atom. The van der Waals surface area contributed by atoms with E-state index in [4.69, 9.17) is 4.74 Å². The lowest BCUT2D eigenvalue weighted by Crippen LogP contribution is -2.46. The Bertz CT molecular complexity index is 334. The van der Waals surface area contributed by atoms with E-state index in [1.54, 1.807) is 7.11 Å². The summed E-state index contributed by atoms with van der Waals surface area (Å²) in [5.41, 5.74) is 0. The van der Waals surface area contributed by atoms with Crippen molar-refractivity contribution in [2.45, 2.75) is 45.1 Å². The Labute approximate surface area is 159 Å². The molecule has 5 nitrogen and oxygen atoms in total. The van der Waals surface area contributed by atoms with Crippen LogP contribution in [0.15, 0.2) is 0 Å². The van der Waals surface area contributed by atoms with E-state index in [-0.39, 0.29) is 30.7 Å². The maximum atomic E-state index is 12.3. The van der Waals surface area contributed by atoms with Crippen molar-refractivity contribution in [3.05, 3.63) is 0 Å². The molecule has 2 aliphatic heterocycles. The first-order valence-electron chi connectivity index (χ1n) is 8.90. The summed E-state index contributed by atoms with van der Waals surface area (Å²) in [6.07, 6.45) is 5.32. The van der Waals surface area contributed by atoms with Gasteiger partial charge in [-0.25, -0.2) is 0 Å². The number of hydrogen-bond acceptors (Lipinski definition) is 4. The highest BCUT2D eigenvalue weighted by atomic mass is 35.5. The standard InChI is InChI=1S/C17H33N3O2.2ClH/c1-14(15-4-3-7-18-13-15)12-17(21)19-16-5-8-20(9-6-16)10-11-22-2;;/h14-16,18H,3-13H2,1-2H3,(H,19,21);2*1H. The van der Waals surface area contributed by atoms with Crippen molar-refractivity contribution >= 4 is 30.7 Å². The lowest BCUT2D eigenvalue weighted by molar-refractivity contribution is -0.123. The van der Waals surface area contributed by atoms with Crippen LogP contribution in [0.2, 0.25) is 0 Å². The molecule has 24 heavy (non-hydrogen) atoms. The Morgan fingerprint density at radius 3 is 2.58 bits per heavy atom. The molecule has 144 valence electrons. The van der Waals surface area contributed by atoms with Gasteiger partial charge in [-0.2, -0.15) is 0 Å². The highest BCUT2D eigenvalue weighted by Gasteiger charge is 2.24. The molecule has 1 amide bonds. The van der Waals surface area contributed by atoms with Crippen molar-refractivity contribution in [2.24, 2.45) is 11.8 Å². The number of hydrogen-bond donors (Lipinski definition) is 2. The maximum Gasteiger partial charge on any atom is 0.220 e. The Morgan fingerprint density at radius 1 is 1.29 bits per heavy atom. The van der Waals surface area contributed by atoms with Gasteiger partial charge in [0.1, 0.15) is 0 Å². The van der Waals surface area contributed by atoms with Crippen molar-refractivity contribution in [3.63, 3.8) is 0 Å². The van der Waals surface area contributed by atoms with Crippen LogP contribution >= 0.6 is 24.8 Å². The fourth-order valence-electron chi connectivity index (χ4n) is 3.63. The van der Waals surface area contributed by atoms with E-state index >= 15 is 0 Å². The summed E-state index contributed by atoms with van der Waals surface area (Å²) in [6.45, 7) is 8.37. The normalized spacial score (nSPS) is 23.7. The average Bonchev–Trinajstić information content (AvgIpc) is 2.55. The van der Waals surface area contributed by atoms with E-state index in [0.29, 0.717) is 24.3 Å². The summed E-state index contributed by atoms with van der Waals surface area (Å²) in [6, 6.07) is 0.364. The molecule has 0 aromatic carbocycles. The third-order valence-electron chi connectivity index (χ3n) is 5.21. The van der Waals surface area contributed by atoms with E-state index in [1.165, 1.54) is 12.8 Å². The summed E-state index contributed by atoms with van der Waals surface area (Å²) in [5, 5.41) is 6.69. The summed E-state index contributed by atoms with van der Waals surface area (Å²) in [7, 11) is 1.75. The first-order chi connectivity index (χ1) is 10.7. The summed E-state index contributed by atoms with van der Waals surface area (Å²) in [5.74, 6) is 1.39. The number of amides is 1. The van der Waals surface area contributed by atoms with Crippen molar-refractivity contribution < 1.29 is 9.53 Å². The van der Waals surface area contributed by atoms with Crippen molar-refractivity contribution in [2.75, 3.05) is 46.4 Å². The second-order valence-corrected chi connectivity index (χ2v) is 6.96. The van der Waals surface area contributed by atoms with Crippen LogP contribution in [-0.4, -0.2) is 63.3 Å².